The molecule has 0 unspecified atom stereocenters. The van der Waals surface area contributed by atoms with E-state index in [1.807, 2.05) is 0 Å². The van der Waals surface area contributed by atoms with E-state index in [9.17, 15) is 9.59 Å². The van der Waals surface area contributed by atoms with Crippen LogP contribution in [-0.2, 0) is 17.7 Å². The predicted molar refractivity (Wildman–Crippen MR) is 106 cm³/mol. The molecule has 2 aliphatic heterocycles. The van der Waals surface area contributed by atoms with Gasteiger partial charge in [-0.3, -0.25) is 9.69 Å². The molecule has 0 saturated carbocycles. The van der Waals surface area contributed by atoms with E-state index in [-0.39, 0.29) is 37.1 Å². The first-order chi connectivity index (χ1) is 12.1. The lowest BCUT2D eigenvalue weighted by atomic mass is 10.1. The highest BCUT2D eigenvalue weighted by atomic mass is 35.5. The zero-order valence-corrected chi connectivity index (χ0v) is 16.8. The van der Waals surface area contributed by atoms with Crippen LogP contribution in [0.2, 0.25) is 4.34 Å². The number of nitrogens with zero attached hydrogens (tertiary/aromatic N) is 1. The third kappa shape index (κ3) is 3.99. The molecule has 10 heteroatoms. The molecule has 0 bridgehead atoms. The van der Waals surface area contributed by atoms with Crippen LogP contribution in [0.4, 0.5) is 9.80 Å². The number of anilines is 1. The number of amides is 2. The zero-order chi connectivity index (χ0) is 17.4. The molecule has 0 aliphatic carbocycles. The molecule has 2 aromatic heterocycles. The monoisotopic (exact) mass is 433 g/mol. The molecular weight excluding hydrogens is 417 g/mol. The van der Waals surface area contributed by atoms with E-state index in [1.54, 1.807) is 28.4 Å². The van der Waals surface area contributed by atoms with Crippen LogP contribution >= 0.6 is 46.7 Å². The van der Waals surface area contributed by atoms with Gasteiger partial charge in [0.2, 0.25) is 0 Å². The van der Waals surface area contributed by atoms with E-state index in [1.165, 1.54) is 21.8 Å². The Hall–Kier alpha value is -1.32. The molecule has 0 radical (unpaired) electrons. The number of halogens is 2. The quantitative estimate of drug-likeness (QED) is 0.775. The second kappa shape index (κ2) is 8.14. The zero-order valence-electron chi connectivity index (χ0n) is 13.6. The largest absolute Gasteiger partial charge is 0.442 e. The maximum absolute atomic E-state index is 12.2. The highest BCUT2D eigenvalue weighted by Gasteiger charge is 2.34. The minimum absolute atomic E-state index is 0. The Morgan fingerprint density at radius 3 is 3.00 bits per heavy atom. The van der Waals surface area contributed by atoms with Crippen molar-refractivity contribution in [2.75, 3.05) is 24.5 Å². The summed E-state index contributed by atoms with van der Waals surface area (Å²) in [7, 11) is 0. The van der Waals surface area contributed by atoms with Crippen molar-refractivity contribution in [3.63, 3.8) is 0 Å². The Labute approximate surface area is 169 Å². The SMILES string of the molecule is Cl.O=C(NC[C@H]1CN(c2cc3c(s2)CNCC3)C(=O)O1)c1ccc(Cl)s1. The van der Waals surface area contributed by atoms with E-state index in [0.29, 0.717) is 15.8 Å². The lowest BCUT2D eigenvalue weighted by Crippen LogP contribution is -2.34. The lowest BCUT2D eigenvalue weighted by Gasteiger charge is -2.10. The van der Waals surface area contributed by atoms with Crippen molar-refractivity contribution in [1.82, 2.24) is 10.6 Å². The summed E-state index contributed by atoms with van der Waals surface area (Å²) in [5.74, 6) is -0.205. The minimum Gasteiger partial charge on any atom is -0.442 e. The van der Waals surface area contributed by atoms with Crippen LogP contribution in [0.15, 0.2) is 18.2 Å². The molecule has 1 fully saturated rings. The molecule has 1 atom stereocenters. The van der Waals surface area contributed by atoms with Crippen molar-refractivity contribution in [2.45, 2.75) is 19.1 Å². The van der Waals surface area contributed by atoms with Gasteiger partial charge >= 0.3 is 6.09 Å². The third-order valence-corrected chi connectivity index (χ3v) is 6.60. The van der Waals surface area contributed by atoms with Gasteiger partial charge in [0.1, 0.15) is 11.1 Å². The van der Waals surface area contributed by atoms with Gasteiger partial charge in [-0.25, -0.2) is 4.79 Å². The number of cyclic esters (lactones) is 1. The molecule has 2 amide bonds. The van der Waals surface area contributed by atoms with E-state index in [0.717, 1.165) is 24.5 Å². The Kier molecular flexibility index (Phi) is 6.09. The van der Waals surface area contributed by atoms with Crippen molar-refractivity contribution < 1.29 is 14.3 Å². The molecule has 4 rings (SSSR count). The van der Waals surface area contributed by atoms with Gasteiger partial charge in [0.05, 0.1) is 22.3 Å². The highest BCUT2D eigenvalue weighted by Crippen LogP contribution is 2.34. The van der Waals surface area contributed by atoms with Gasteiger partial charge in [-0.2, -0.15) is 0 Å². The van der Waals surface area contributed by atoms with E-state index >= 15 is 0 Å². The molecule has 2 N–H and O–H groups in total. The second-order valence-electron chi connectivity index (χ2n) is 5.89. The first kappa shape index (κ1) is 19.4. The van der Waals surface area contributed by atoms with E-state index in [4.69, 9.17) is 16.3 Å². The molecule has 2 aromatic rings. The molecular formula is C16H17Cl2N3O3S2. The van der Waals surface area contributed by atoms with Gasteiger partial charge in [0.15, 0.2) is 0 Å². The molecule has 2 aliphatic rings. The molecule has 1 saturated heterocycles. The Bertz CT molecular complexity index is 800. The summed E-state index contributed by atoms with van der Waals surface area (Å²) in [6.45, 7) is 2.54. The number of carbonyl (C=O) groups is 2. The maximum Gasteiger partial charge on any atom is 0.415 e. The third-order valence-electron chi connectivity index (χ3n) is 4.17. The Balaban J connectivity index is 0.00000196. The summed E-state index contributed by atoms with van der Waals surface area (Å²) in [5, 5.41) is 7.05. The van der Waals surface area contributed by atoms with Crippen LogP contribution in [-0.4, -0.2) is 37.7 Å². The number of thiophene rings is 2. The topological polar surface area (TPSA) is 70.7 Å². The van der Waals surface area contributed by atoms with E-state index in [2.05, 4.69) is 16.7 Å². The summed E-state index contributed by atoms with van der Waals surface area (Å²) in [5.41, 5.74) is 1.30. The smallest absolute Gasteiger partial charge is 0.415 e. The van der Waals surface area contributed by atoms with Crippen molar-refractivity contribution in [1.29, 1.82) is 0 Å². The number of carbonyl (C=O) groups excluding carboxylic acids is 2. The number of rotatable bonds is 4. The van der Waals surface area contributed by atoms with E-state index < -0.39 is 0 Å². The van der Waals surface area contributed by atoms with Crippen molar-refractivity contribution in [3.8, 4) is 0 Å². The molecule has 4 heterocycles. The Morgan fingerprint density at radius 1 is 1.42 bits per heavy atom. The number of ether oxygens (including phenoxy) is 1. The van der Waals surface area contributed by atoms with Crippen molar-refractivity contribution in [3.05, 3.63) is 37.9 Å². The molecule has 26 heavy (non-hydrogen) atoms. The standard InChI is InChI=1S/C16H16ClN3O3S2.ClH/c17-13-2-1-11(24-13)15(21)19-6-10-8-20(16(22)23-10)14-5-9-3-4-18-7-12(9)25-14;/h1-2,5,10,18H,3-4,6-8H2,(H,19,21);1H/t10-;/m0./s1. The van der Waals surface area contributed by atoms with Crippen molar-refractivity contribution >= 4 is 63.7 Å². The molecule has 140 valence electrons. The van der Waals surface area contributed by atoms with Gasteiger partial charge in [0.25, 0.3) is 5.91 Å². The van der Waals surface area contributed by atoms with Crippen molar-refractivity contribution in [2.24, 2.45) is 0 Å². The predicted octanol–water partition coefficient (Wildman–Crippen LogP) is 3.29. The highest BCUT2D eigenvalue weighted by molar-refractivity contribution is 7.18. The van der Waals surface area contributed by atoms with Crippen LogP contribution in [0.3, 0.4) is 0 Å². The van der Waals surface area contributed by atoms with Gasteiger partial charge in [0, 0.05) is 11.4 Å². The minimum atomic E-state index is -0.357. The van der Waals surface area contributed by atoms with Crippen LogP contribution in [0.5, 0.6) is 0 Å². The summed E-state index contributed by atoms with van der Waals surface area (Å²) in [4.78, 5) is 27.7. The van der Waals surface area contributed by atoms with Gasteiger partial charge in [-0.1, -0.05) is 11.6 Å². The number of fused-ring (bicyclic) bond motifs is 1. The van der Waals surface area contributed by atoms with Gasteiger partial charge < -0.3 is 15.4 Å². The van der Waals surface area contributed by atoms with Crippen LogP contribution in [0, 0.1) is 0 Å². The summed E-state index contributed by atoms with van der Waals surface area (Å²) < 4.78 is 5.96. The van der Waals surface area contributed by atoms with Crippen LogP contribution in [0.1, 0.15) is 20.1 Å². The molecule has 0 aromatic carbocycles. The maximum atomic E-state index is 12.2. The van der Waals surface area contributed by atoms with Crippen LogP contribution < -0.4 is 15.5 Å². The lowest BCUT2D eigenvalue weighted by molar-refractivity contribution is 0.0920. The fraction of sp³-hybridized carbons (Fsp3) is 0.375. The first-order valence-electron chi connectivity index (χ1n) is 7.94. The normalized spacial score (nSPS) is 18.9. The average molecular weight is 434 g/mol. The summed E-state index contributed by atoms with van der Waals surface area (Å²) in [6.07, 6.45) is 0.270. The average Bonchev–Trinajstić information content (AvgIpc) is 3.30. The number of hydrogen-bond acceptors (Lipinski definition) is 6. The summed E-state index contributed by atoms with van der Waals surface area (Å²) >= 11 is 8.69. The molecule has 0 spiro atoms. The fourth-order valence-corrected chi connectivity index (χ4v) is 5.05. The summed E-state index contributed by atoms with van der Waals surface area (Å²) in [6, 6.07) is 5.45. The van der Waals surface area contributed by atoms with Gasteiger partial charge in [-0.15, -0.1) is 35.1 Å². The first-order valence-corrected chi connectivity index (χ1v) is 9.95. The van der Waals surface area contributed by atoms with Crippen LogP contribution in [0.25, 0.3) is 0 Å². The van der Waals surface area contributed by atoms with Gasteiger partial charge in [-0.05, 0) is 36.7 Å². The number of nitrogens with one attached hydrogen (secondary N) is 2. The fourth-order valence-electron chi connectivity index (χ4n) is 2.91. The molecule has 6 nitrogen and oxygen atoms in total. The Morgan fingerprint density at radius 2 is 2.27 bits per heavy atom. The number of hydrogen-bond donors (Lipinski definition) is 2. The second-order valence-corrected chi connectivity index (χ2v) is 8.72.